The van der Waals surface area contributed by atoms with Crippen LogP contribution in [0.25, 0.3) is 0 Å². The maximum absolute atomic E-state index is 11.5. The number of unbranched alkanes of at least 4 members (excludes halogenated alkanes) is 1. The van der Waals surface area contributed by atoms with E-state index in [-0.39, 0.29) is 0 Å². The van der Waals surface area contributed by atoms with Crippen LogP contribution < -0.4 is 0 Å². The van der Waals surface area contributed by atoms with Gasteiger partial charge in [-0.25, -0.2) is 0 Å². The van der Waals surface area contributed by atoms with Gasteiger partial charge in [0.05, 0.1) is 11.8 Å². The second kappa shape index (κ2) is 5.30. The molecular weight excluding hydrogens is 212 g/mol. The molecule has 1 rings (SSSR count). The maximum atomic E-state index is 11.5. The molecule has 1 saturated heterocycles. The molecule has 0 amide bonds. The highest BCUT2D eigenvalue weighted by Gasteiger charge is 2.47. The highest BCUT2D eigenvalue weighted by atomic mass is 16.6. The summed E-state index contributed by atoms with van der Waals surface area (Å²) >= 11 is 0. The largest absolute Gasteiger partial charge is 0.481 e. The molecule has 0 saturated carbocycles. The van der Waals surface area contributed by atoms with Gasteiger partial charge in [0.1, 0.15) is 12.2 Å². The van der Waals surface area contributed by atoms with Crippen molar-refractivity contribution in [1.29, 1.82) is 0 Å². The smallest absolute Gasteiger partial charge is 0.312 e. The van der Waals surface area contributed by atoms with Gasteiger partial charge in [-0.3, -0.25) is 9.59 Å². The van der Waals surface area contributed by atoms with Crippen LogP contribution in [0.15, 0.2) is 0 Å². The van der Waals surface area contributed by atoms with Gasteiger partial charge in [-0.1, -0.05) is 20.3 Å². The van der Waals surface area contributed by atoms with E-state index in [0.717, 1.165) is 12.8 Å². The van der Waals surface area contributed by atoms with E-state index in [4.69, 9.17) is 9.84 Å². The first kappa shape index (κ1) is 13.0. The zero-order valence-electron chi connectivity index (χ0n) is 9.55. The van der Waals surface area contributed by atoms with Crippen molar-refractivity contribution in [2.24, 2.45) is 11.8 Å². The lowest BCUT2D eigenvalue weighted by molar-refractivity contribution is -0.152. The van der Waals surface area contributed by atoms with Gasteiger partial charge in [-0.05, 0) is 12.8 Å². The number of aliphatic hydroxyl groups is 1. The third kappa shape index (κ3) is 2.52. The van der Waals surface area contributed by atoms with Gasteiger partial charge in [-0.15, -0.1) is 0 Å². The number of carbonyl (C=O) groups excluding carboxylic acids is 1. The van der Waals surface area contributed by atoms with E-state index in [1.165, 1.54) is 6.92 Å². The first-order valence-electron chi connectivity index (χ1n) is 5.60. The van der Waals surface area contributed by atoms with Crippen LogP contribution in [-0.2, 0) is 14.3 Å². The van der Waals surface area contributed by atoms with Gasteiger partial charge in [0.2, 0.25) is 0 Å². The Labute approximate surface area is 94.4 Å². The molecule has 0 aromatic carbocycles. The molecule has 1 aliphatic heterocycles. The minimum Gasteiger partial charge on any atom is -0.481 e. The number of carboxylic acid groups (broad SMARTS) is 1. The molecule has 92 valence electrons. The fraction of sp³-hybridized carbons (Fsp3) is 0.818. The summed E-state index contributed by atoms with van der Waals surface area (Å²) < 4.78 is 5.01. The normalized spacial score (nSPS) is 31.2. The van der Waals surface area contributed by atoms with Crippen LogP contribution in [0.1, 0.15) is 33.1 Å². The molecule has 0 bridgehead atoms. The predicted molar refractivity (Wildman–Crippen MR) is 55.7 cm³/mol. The van der Waals surface area contributed by atoms with Crippen molar-refractivity contribution < 1.29 is 24.5 Å². The van der Waals surface area contributed by atoms with Gasteiger partial charge in [0.25, 0.3) is 0 Å². The fourth-order valence-corrected chi connectivity index (χ4v) is 1.96. The van der Waals surface area contributed by atoms with E-state index in [0.29, 0.717) is 6.42 Å². The van der Waals surface area contributed by atoms with Gasteiger partial charge >= 0.3 is 11.9 Å². The van der Waals surface area contributed by atoms with Gasteiger partial charge < -0.3 is 14.9 Å². The summed E-state index contributed by atoms with van der Waals surface area (Å²) in [4.78, 5) is 22.2. The van der Waals surface area contributed by atoms with Crippen molar-refractivity contribution in [2.45, 2.75) is 45.3 Å². The Morgan fingerprint density at radius 1 is 1.56 bits per heavy atom. The van der Waals surface area contributed by atoms with Gasteiger partial charge in [-0.2, -0.15) is 0 Å². The van der Waals surface area contributed by atoms with Gasteiger partial charge in [0.15, 0.2) is 0 Å². The molecular formula is C11H18O5. The zero-order valence-corrected chi connectivity index (χ0v) is 9.55. The summed E-state index contributed by atoms with van der Waals surface area (Å²) in [5.41, 5.74) is 0. The van der Waals surface area contributed by atoms with Crippen molar-refractivity contribution in [2.75, 3.05) is 0 Å². The van der Waals surface area contributed by atoms with Crippen molar-refractivity contribution in [3.05, 3.63) is 0 Å². The van der Waals surface area contributed by atoms with E-state index in [1.54, 1.807) is 0 Å². The molecule has 16 heavy (non-hydrogen) atoms. The number of hydrogen-bond donors (Lipinski definition) is 2. The average Bonchev–Trinajstić information content (AvgIpc) is 2.50. The summed E-state index contributed by atoms with van der Waals surface area (Å²) in [7, 11) is 0. The highest BCUT2D eigenvalue weighted by molar-refractivity contribution is 5.83. The first-order valence-corrected chi connectivity index (χ1v) is 5.60. The second-order valence-electron chi connectivity index (χ2n) is 4.26. The van der Waals surface area contributed by atoms with E-state index >= 15 is 0 Å². The molecule has 0 radical (unpaired) electrons. The minimum absolute atomic E-state index is 0.542. The first-order chi connectivity index (χ1) is 7.49. The molecule has 0 spiro atoms. The minimum atomic E-state index is -1.09. The lowest BCUT2D eigenvalue weighted by Crippen LogP contribution is -2.34. The number of aliphatic hydroxyl groups excluding tert-OH is 1. The van der Waals surface area contributed by atoms with Crippen molar-refractivity contribution in [1.82, 2.24) is 0 Å². The molecule has 1 fully saturated rings. The van der Waals surface area contributed by atoms with Crippen LogP contribution in [0.4, 0.5) is 0 Å². The quantitative estimate of drug-likeness (QED) is 0.682. The molecule has 1 aliphatic rings. The Balaban J connectivity index is 2.67. The maximum Gasteiger partial charge on any atom is 0.312 e. The van der Waals surface area contributed by atoms with E-state index < -0.39 is 36.0 Å². The number of aliphatic carboxylic acids is 1. The van der Waals surface area contributed by atoms with Crippen LogP contribution in [0.2, 0.25) is 0 Å². The topological polar surface area (TPSA) is 83.8 Å². The standard InChI is InChI=1S/C11H18O5/c1-3-4-5-7-9(12)8(11(15)16-7)6(2)10(13)14/h6-9,12H,3-5H2,1-2H3,(H,13,14)/t6-,7-,8+,9-/m0/s1. The predicted octanol–water partition coefficient (Wildman–Crippen LogP) is 0.800. The second-order valence-corrected chi connectivity index (χ2v) is 4.26. The van der Waals surface area contributed by atoms with Crippen molar-refractivity contribution in [3.8, 4) is 0 Å². The molecule has 0 aliphatic carbocycles. The van der Waals surface area contributed by atoms with Crippen LogP contribution in [0, 0.1) is 11.8 Å². The van der Waals surface area contributed by atoms with Crippen molar-refractivity contribution in [3.63, 3.8) is 0 Å². The number of carboxylic acids is 1. The third-order valence-electron chi connectivity index (χ3n) is 3.06. The molecule has 4 atom stereocenters. The molecule has 0 unspecified atom stereocenters. The summed E-state index contributed by atoms with van der Waals surface area (Å²) in [6.07, 6.45) is 0.847. The Kier molecular flexibility index (Phi) is 4.29. The summed E-state index contributed by atoms with van der Waals surface area (Å²) in [5.74, 6) is -3.52. The van der Waals surface area contributed by atoms with Crippen LogP contribution in [0.5, 0.6) is 0 Å². The SMILES string of the molecule is CCCC[C@@H]1OC(=O)[C@H]([C@H](C)C(=O)O)[C@H]1O. The number of hydrogen-bond acceptors (Lipinski definition) is 4. The Morgan fingerprint density at radius 3 is 2.69 bits per heavy atom. The number of ether oxygens (including phenoxy) is 1. The Morgan fingerprint density at radius 2 is 2.19 bits per heavy atom. The number of esters is 1. The van der Waals surface area contributed by atoms with Gasteiger partial charge in [0, 0.05) is 0 Å². The summed E-state index contributed by atoms with van der Waals surface area (Å²) in [6, 6.07) is 0. The summed E-state index contributed by atoms with van der Waals surface area (Å²) in [5, 5.41) is 18.7. The van der Waals surface area contributed by atoms with Crippen LogP contribution >= 0.6 is 0 Å². The van der Waals surface area contributed by atoms with Crippen LogP contribution in [-0.4, -0.2) is 34.4 Å². The fourth-order valence-electron chi connectivity index (χ4n) is 1.96. The average molecular weight is 230 g/mol. The number of carbonyl (C=O) groups is 2. The van der Waals surface area contributed by atoms with E-state index in [2.05, 4.69) is 0 Å². The molecule has 2 N–H and O–H groups in total. The molecule has 1 heterocycles. The highest BCUT2D eigenvalue weighted by Crippen LogP contribution is 2.31. The molecule has 5 nitrogen and oxygen atoms in total. The Bertz CT molecular complexity index is 276. The van der Waals surface area contributed by atoms with Crippen LogP contribution in [0.3, 0.4) is 0 Å². The van der Waals surface area contributed by atoms with Crippen molar-refractivity contribution >= 4 is 11.9 Å². The third-order valence-corrected chi connectivity index (χ3v) is 3.06. The lowest BCUT2D eigenvalue weighted by Gasteiger charge is -2.17. The zero-order chi connectivity index (χ0) is 12.3. The monoisotopic (exact) mass is 230 g/mol. The molecule has 5 heteroatoms. The Hall–Kier alpha value is -1.10. The number of rotatable bonds is 5. The molecule has 0 aromatic rings. The number of cyclic esters (lactones) is 1. The lowest BCUT2D eigenvalue weighted by atomic mass is 9.87. The van der Waals surface area contributed by atoms with E-state index in [1.807, 2.05) is 6.92 Å². The molecule has 0 aromatic heterocycles. The van der Waals surface area contributed by atoms with E-state index in [9.17, 15) is 14.7 Å². The summed E-state index contributed by atoms with van der Waals surface area (Å²) in [6.45, 7) is 3.42.